The molecule has 0 aromatic heterocycles. The van der Waals surface area contributed by atoms with E-state index in [4.69, 9.17) is 9.79 Å². The number of carbonyl (C=O) groups excluding carboxylic acids is 1. The number of phosphoric ester groups is 1. The van der Waals surface area contributed by atoms with E-state index in [0.717, 1.165) is 51.4 Å². The third-order valence-corrected chi connectivity index (χ3v) is 7.31. The highest BCUT2D eigenvalue weighted by Gasteiger charge is 2.17. The standard InChI is InChI=1S/C32H58NO6P/c1-2-3-4-5-6-7-8-9-10-11-12-13-14-15-16-17-18-19-20-21-22-23-24-25-26-27-28-32(35)33-29-31(34)30-39-40(36,37)38/h31,34H,2-16,21-30H2,1H3,(H,33,35)(H2,36,37,38). The van der Waals surface area contributed by atoms with Gasteiger partial charge in [0, 0.05) is 25.8 Å². The fraction of sp³-hybridized carbons (Fsp3) is 0.844. The Morgan fingerprint density at radius 3 is 1.52 bits per heavy atom. The fourth-order valence-electron chi connectivity index (χ4n) is 4.39. The number of nitrogens with one attached hydrogen (secondary N) is 1. The molecule has 8 heteroatoms. The second kappa shape index (κ2) is 29.2. The maximum atomic E-state index is 11.7. The van der Waals surface area contributed by atoms with Crippen LogP contribution in [0.1, 0.15) is 155 Å². The van der Waals surface area contributed by atoms with Crippen molar-refractivity contribution in [1.82, 2.24) is 5.32 Å². The van der Waals surface area contributed by atoms with Crippen LogP contribution in [-0.2, 0) is 13.9 Å². The molecule has 0 aromatic rings. The highest BCUT2D eigenvalue weighted by molar-refractivity contribution is 7.46. The highest BCUT2D eigenvalue weighted by Crippen LogP contribution is 2.35. The van der Waals surface area contributed by atoms with Gasteiger partial charge in [0.25, 0.3) is 0 Å². The number of aliphatic hydroxyl groups excluding tert-OH is 1. The van der Waals surface area contributed by atoms with Gasteiger partial charge < -0.3 is 20.2 Å². The van der Waals surface area contributed by atoms with Crippen LogP contribution < -0.4 is 5.32 Å². The van der Waals surface area contributed by atoms with Gasteiger partial charge >= 0.3 is 7.82 Å². The quantitative estimate of drug-likeness (QED) is 0.0450. The maximum absolute atomic E-state index is 11.7. The van der Waals surface area contributed by atoms with Crippen molar-refractivity contribution < 1.29 is 28.8 Å². The van der Waals surface area contributed by atoms with Crippen LogP contribution in [0.15, 0.2) is 0 Å². The molecular weight excluding hydrogens is 525 g/mol. The van der Waals surface area contributed by atoms with E-state index >= 15 is 0 Å². The predicted molar refractivity (Wildman–Crippen MR) is 164 cm³/mol. The minimum absolute atomic E-state index is 0.0935. The maximum Gasteiger partial charge on any atom is 0.469 e. The molecule has 1 amide bonds. The van der Waals surface area contributed by atoms with E-state index in [0.29, 0.717) is 6.42 Å². The lowest BCUT2D eigenvalue weighted by molar-refractivity contribution is -0.121. The Hall–Kier alpha value is -1.34. The van der Waals surface area contributed by atoms with Crippen molar-refractivity contribution >= 4 is 13.7 Å². The number of rotatable bonds is 27. The normalized spacial score (nSPS) is 11.8. The summed E-state index contributed by atoms with van der Waals surface area (Å²) in [5, 5.41) is 12.1. The third-order valence-electron chi connectivity index (χ3n) is 6.82. The van der Waals surface area contributed by atoms with Crippen LogP contribution in [0.4, 0.5) is 0 Å². The Balaban J connectivity index is 3.38. The lowest BCUT2D eigenvalue weighted by Gasteiger charge is -2.12. The molecule has 0 heterocycles. The number of carbonyl (C=O) groups is 1. The summed E-state index contributed by atoms with van der Waals surface area (Å²) >= 11 is 0. The molecule has 0 aliphatic rings. The molecule has 232 valence electrons. The Bertz CT molecular complexity index is 761. The zero-order valence-electron chi connectivity index (χ0n) is 25.3. The Morgan fingerprint density at radius 1 is 0.700 bits per heavy atom. The Labute approximate surface area is 245 Å². The topological polar surface area (TPSA) is 116 Å². The van der Waals surface area contributed by atoms with Gasteiger partial charge in [-0.15, -0.1) is 0 Å². The minimum Gasteiger partial charge on any atom is -0.389 e. The number of phosphoric acid groups is 1. The lowest BCUT2D eigenvalue weighted by Crippen LogP contribution is -2.34. The fourth-order valence-corrected chi connectivity index (χ4v) is 4.76. The molecule has 0 bridgehead atoms. The van der Waals surface area contributed by atoms with Crippen molar-refractivity contribution in [3.05, 3.63) is 0 Å². The first-order valence-electron chi connectivity index (χ1n) is 16.0. The van der Waals surface area contributed by atoms with E-state index in [9.17, 15) is 14.5 Å². The molecule has 0 rings (SSSR count). The highest BCUT2D eigenvalue weighted by atomic mass is 31.2. The van der Waals surface area contributed by atoms with E-state index in [2.05, 4.69) is 40.4 Å². The summed E-state index contributed by atoms with van der Waals surface area (Å²) in [6.07, 6.45) is 26.4. The number of hydrogen-bond acceptors (Lipinski definition) is 4. The van der Waals surface area contributed by atoms with Crippen LogP contribution >= 0.6 is 7.82 Å². The van der Waals surface area contributed by atoms with Gasteiger partial charge in [-0.2, -0.15) is 0 Å². The van der Waals surface area contributed by atoms with Crippen molar-refractivity contribution in [3.63, 3.8) is 0 Å². The smallest absolute Gasteiger partial charge is 0.389 e. The summed E-state index contributed by atoms with van der Waals surface area (Å²) in [6.45, 7) is 1.65. The molecule has 0 aromatic carbocycles. The summed E-state index contributed by atoms with van der Waals surface area (Å²) in [5.74, 6) is 12.1. The molecule has 0 fully saturated rings. The van der Waals surface area contributed by atoms with Gasteiger partial charge in [0.1, 0.15) is 0 Å². The Morgan fingerprint density at radius 2 is 1.10 bits per heavy atom. The van der Waals surface area contributed by atoms with E-state index < -0.39 is 20.5 Å². The summed E-state index contributed by atoms with van der Waals surface area (Å²) < 4.78 is 14.8. The lowest BCUT2D eigenvalue weighted by atomic mass is 10.0. The van der Waals surface area contributed by atoms with E-state index in [1.54, 1.807) is 0 Å². The first-order valence-corrected chi connectivity index (χ1v) is 17.5. The van der Waals surface area contributed by atoms with Gasteiger partial charge in [-0.05, 0) is 31.1 Å². The zero-order valence-corrected chi connectivity index (χ0v) is 26.2. The molecule has 0 saturated carbocycles. The van der Waals surface area contributed by atoms with Gasteiger partial charge in [-0.3, -0.25) is 9.32 Å². The molecule has 7 nitrogen and oxygen atoms in total. The molecule has 1 atom stereocenters. The first-order chi connectivity index (χ1) is 19.3. The molecule has 0 spiro atoms. The largest absolute Gasteiger partial charge is 0.469 e. The van der Waals surface area contributed by atoms with Gasteiger partial charge in [0.2, 0.25) is 5.91 Å². The van der Waals surface area contributed by atoms with Crippen molar-refractivity contribution in [2.45, 2.75) is 161 Å². The zero-order chi connectivity index (χ0) is 29.6. The van der Waals surface area contributed by atoms with E-state index in [1.165, 1.54) is 89.9 Å². The molecule has 0 saturated heterocycles. The molecule has 0 radical (unpaired) electrons. The summed E-state index contributed by atoms with van der Waals surface area (Å²) in [7, 11) is -4.61. The van der Waals surface area contributed by atoms with Crippen LogP contribution in [0.25, 0.3) is 0 Å². The average Bonchev–Trinajstić information content (AvgIpc) is 2.92. The minimum atomic E-state index is -4.61. The van der Waals surface area contributed by atoms with Gasteiger partial charge in [0.05, 0.1) is 12.7 Å². The van der Waals surface area contributed by atoms with Crippen LogP contribution in [0.2, 0.25) is 0 Å². The van der Waals surface area contributed by atoms with Crippen LogP contribution in [-0.4, -0.2) is 40.1 Å². The molecular formula is C32H58NO6P. The van der Waals surface area contributed by atoms with Crippen LogP contribution in [0.3, 0.4) is 0 Å². The van der Waals surface area contributed by atoms with E-state index in [-0.39, 0.29) is 12.5 Å². The summed E-state index contributed by atoms with van der Waals surface area (Å²) in [4.78, 5) is 28.9. The van der Waals surface area contributed by atoms with Gasteiger partial charge in [-0.25, -0.2) is 4.57 Å². The molecule has 40 heavy (non-hydrogen) atoms. The van der Waals surface area contributed by atoms with Gasteiger partial charge in [-0.1, -0.05) is 128 Å². The molecule has 1 unspecified atom stereocenters. The number of hydrogen-bond donors (Lipinski definition) is 4. The number of aliphatic hydroxyl groups is 1. The second-order valence-corrected chi connectivity index (χ2v) is 12.1. The predicted octanol–water partition coefficient (Wildman–Crippen LogP) is 7.57. The number of amides is 1. The molecule has 4 N–H and O–H groups in total. The molecule has 0 aliphatic carbocycles. The van der Waals surface area contributed by atoms with Crippen molar-refractivity contribution in [1.29, 1.82) is 0 Å². The van der Waals surface area contributed by atoms with E-state index in [1.807, 2.05) is 0 Å². The van der Waals surface area contributed by atoms with Gasteiger partial charge in [0.15, 0.2) is 0 Å². The average molecular weight is 584 g/mol. The summed E-state index contributed by atoms with van der Waals surface area (Å²) in [6, 6.07) is 0. The monoisotopic (exact) mass is 583 g/mol. The van der Waals surface area contributed by atoms with Crippen LogP contribution in [0.5, 0.6) is 0 Å². The SMILES string of the molecule is CCCCCCCCCCCCCCCCC#CC#CCCCCCCCCC(=O)NCC(O)COP(=O)(O)O. The number of unbranched alkanes of at least 4 members (excludes halogenated alkanes) is 20. The van der Waals surface area contributed by atoms with Crippen molar-refractivity contribution in [2.24, 2.45) is 0 Å². The second-order valence-electron chi connectivity index (χ2n) is 10.8. The third kappa shape index (κ3) is 32.9. The van der Waals surface area contributed by atoms with Crippen molar-refractivity contribution in [3.8, 4) is 23.7 Å². The molecule has 0 aliphatic heterocycles. The first kappa shape index (κ1) is 38.7. The Kier molecular flexibility index (Phi) is 28.2. The summed E-state index contributed by atoms with van der Waals surface area (Å²) in [5.41, 5.74) is 0. The van der Waals surface area contributed by atoms with Crippen molar-refractivity contribution in [2.75, 3.05) is 13.2 Å². The van der Waals surface area contributed by atoms with Crippen LogP contribution in [0, 0.1) is 23.7 Å².